The van der Waals surface area contributed by atoms with Gasteiger partial charge in [0.1, 0.15) is 17.3 Å². The number of rotatable bonds is 4. The van der Waals surface area contributed by atoms with Gasteiger partial charge in [-0.05, 0) is 58.4 Å². The first-order valence-electron chi connectivity index (χ1n) is 5.59. The van der Waals surface area contributed by atoms with Crippen molar-refractivity contribution in [1.29, 1.82) is 0 Å². The molecule has 0 saturated carbocycles. The highest BCUT2D eigenvalue weighted by atomic mass is 79.9. The fraction of sp³-hybridized carbons (Fsp3) is 0.0714. The Kier molecular flexibility index (Phi) is 5.14. The van der Waals surface area contributed by atoms with E-state index in [2.05, 4.69) is 31.9 Å². The molecule has 0 radical (unpaired) electrons. The molecule has 0 unspecified atom stereocenters. The highest BCUT2D eigenvalue weighted by Gasteiger charge is 2.08. The Bertz CT molecular complexity index is 614. The second-order valence-corrected chi connectivity index (χ2v) is 5.56. The predicted molar refractivity (Wildman–Crippen MR) is 79.4 cm³/mol. The van der Waals surface area contributed by atoms with Gasteiger partial charge in [-0.15, -0.1) is 0 Å². The molecule has 3 nitrogen and oxygen atoms in total. The van der Waals surface area contributed by atoms with E-state index in [0.717, 1.165) is 4.47 Å². The van der Waals surface area contributed by atoms with Crippen LogP contribution in [-0.2, 0) is 4.79 Å². The quantitative estimate of drug-likeness (QED) is 0.562. The summed E-state index contributed by atoms with van der Waals surface area (Å²) in [7, 11) is 0. The number of hydrogen-bond donors (Lipinski definition) is 0. The van der Waals surface area contributed by atoms with E-state index in [9.17, 15) is 9.18 Å². The van der Waals surface area contributed by atoms with E-state index in [4.69, 9.17) is 9.47 Å². The van der Waals surface area contributed by atoms with Crippen LogP contribution in [0.25, 0.3) is 0 Å². The number of benzene rings is 2. The van der Waals surface area contributed by atoms with Crippen LogP contribution in [0.4, 0.5) is 4.39 Å². The van der Waals surface area contributed by atoms with Crippen molar-refractivity contribution in [1.82, 2.24) is 0 Å². The van der Waals surface area contributed by atoms with Crippen LogP contribution in [0.5, 0.6) is 11.5 Å². The van der Waals surface area contributed by atoms with Crippen LogP contribution in [0, 0.1) is 5.82 Å². The van der Waals surface area contributed by atoms with Crippen molar-refractivity contribution in [2.24, 2.45) is 0 Å². The number of halogens is 3. The molecule has 2 aromatic rings. The number of carbonyl (C=O) groups is 1. The average molecular weight is 404 g/mol. The first-order chi connectivity index (χ1) is 9.54. The molecule has 6 heteroatoms. The molecule has 0 fully saturated rings. The van der Waals surface area contributed by atoms with E-state index in [1.54, 1.807) is 24.3 Å². The summed E-state index contributed by atoms with van der Waals surface area (Å²) in [6, 6.07) is 10.8. The zero-order valence-corrected chi connectivity index (χ0v) is 13.3. The summed E-state index contributed by atoms with van der Waals surface area (Å²) in [5, 5.41) is 0. The van der Waals surface area contributed by atoms with Crippen LogP contribution in [-0.4, -0.2) is 12.6 Å². The van der Waals surface area contributed by atoms with Crippen LogP contribution < -0.4 is 9.47 Å². The van der Waals surface area contributed by atoms with E-state index < -0.39 is 5.97 Å². The largest absolute Gasteiger partial charge is 0.481 e. The van der Waals surface area contributed by atoms with Gasteiger partial charge in [0.2, 0.25) is 0 Å². The summed E-state index contributed by atoms with van der Waals surface area (Å²) in [5.41, 5.74) is 0. The first-order valence-corrected chi connectivity index (χ1v) is 7.17. The lowest BCUT2D eigenvalue weighted by atomic mass is 10.3. The second-order valence-electron chi connectivity index (χ2n) is 3.79. The Morgan fingerprint density at radius 1 is 1.10 bits per heavy atom. The molecule has 0 aliphatic heterocycles. The normalized spacial score (nSPS) is 10.2. The van der Waals surface area contributed by atoms with Crippen LogP contribution >= 0.6 is 31.9 Å². The minimum atomic E-state index is -0.538. The van der Waals surface area contributed by atoms with Gasteiger partial charge in [-0.3, -0.25) is 0 Å². The van der Waals surface area contributed by atoms with Crippen LogP contribution in [0.1, 0.15) is 0 Å². The maximum atomic E-state index is 12.9. The number of carbonyl (C=O) groups excluding carboxylic acids is 1. The Balaban J connectivity index is 1.90. The van der Waals surface area contributed by atoms with Crippen molar-refractivity contribution < 1.29 is 18.7 Å². The molecule has 0 N–H and O–H groups in total. The summed E-state index contributed by atoms with van der Waals surface area (Å²) >= 11 is 6.44. The summed E-state index contributed by atoms with van der Waals surface area (Å²) in [5.74, 6) is -0.121. The Labute approximate surface area is 132 Å². The van der Waals surface area contributed by atoms with Gasteiger partial charge in [-0.25, -0.2) is 9.18 Å². The molecule has 2 rings (SSSR count). The Morgan fingerprint density at radius 3 is 2.45 bits per heavy atom. The van der Waals surface area contributed by atoms with Crippen LogP contribution in [0.2, 0.25) is 0 Å². The molecule has 0 bridgehead atoms. The monoisotopic (exact) mass is 402 g/mol. The van der Waals surface area contributed by atoms with Gasteiger partial charge in [-0.1, -0.05) is 15.9 Å². The smallest absolute Gasteiger partial charge is 0.349 e. The van der Waals surface area contributed by atoms with Gasteiger partial charge in [0.05, 0.1) is 4.47 Å². The average Bonchev–Trinajstić information content (AvgIpc) is 2.40. The third kappa shape index (κ3) is 4.31. The molecule has 0 aromatic heterocycles. The number of ether oxygens (including phenoxy) is 2. The zero-order chi connectivity index (χ0) is 14.5. The van der Waals surface area contributed by atoms with Crippen molar-refractivity contribution in [3.8, 4) is 11.5 Å². The molecule has 0 saturated heterocycles. The van der Waals surface area contributed by atoms with E-state index in [1.165, 1.54) is 18.2 Å². The van der Waals surface area contributed by atoms with E-state index >= 15 is 0 Å². The van der Waals surface area contributed by atoms with Crippen molar-refractivity contribution >= 4 is 37.8 Å². The standard InChI is InChI=1S/C14H9Br2FO3/c15-9-1-4-11(5-2-9)20-14(18)8-19-13-6-3-10(17)7-12(13)16/h1-7H,8H2. The lowest BCUT2D eigenvalue weighted by Gasteiger charge is -2.08. The minimum Gasteiger partial charge on any atom is -0.481 e. The molecular formula is C14H9Br2FO3. The summed E-state index contributed by atoms with van der Waals surface area (Å²) < 4.78 is 24.5. The molecule has 2 aromatic carbocycles. The van der Waals surface area contributed by atoms with Gasteiger partial charge >= 0.3 is 5.97 Å². The summed E-state index contributed by atoms with van der Waals surface area (Å²) in [4.78, 5) is 11.6. The fourth-order valence-electron chi connectivity index (χ4n) is 1.39. The molecule has 0 spiro atoms. The maximum Gasteiger partial charge on any atom is 0.349 e. The highest BCUT2D eigenvalue weighted by molar-refractivity contribution is 9.10. The SMILES string of the molecule is O=C(COc1ccc(F)cc1Br)Oc1ccc(Br)cc1. The minimum absolute atomic E-state index is 0.264. The molecule has 0 aliphatic rings. The van der Waals surface area contributed by atoms with Gasteiger partial charge in [0.25, 0.3) is 0 Å². The van der Waals surface area contributed by atoms with E-state index in [0.29, 0.717) is 16.0 Å². The third-order valence-electron chi connectivity index (χ3n) is 2.28. The van der Waals surface area contributed by atoms with Crippen LogP contribution in [0.15, 0.2) is 51.4 Å². The molecule has 0 aliphatic carbocycles. The second kappa shape index (κ2) is 6.85. The van der Waals surface area contributed by atoms with Crippen LogP contribution in [0.3, 0.4) is 0 Å². The Hall–Kier alpha value is -1.40. The molecule has 0 atom stereocenters. The fourth-order valence-corrected chi connectivity index (χ4v) is 2.12. The number of hydrogen-bond acceptors (Lipinski definition) is 3. The lowest BCUT2D eigenvalue weighted by molar-refractivity contribution is -0.136. The lowest BCUT2D eigenvalue weighted by Crippen LogP contribution is -2.17. The van der Waals surface area contributed by atoms with Crippen molar-refractivity contribution in [2.45, 2.75) is 0 Å². The summed E-state index contributed by atoms with van der Waals surface area (Å²) in [6.07, 6.45) is 0. The predicted octanol–water partition coefficient (Wildman–Crippen LogP) is 4.34. The summed E-state index contributed by atoms with van der Waals surface area (Å²) in [6.45, 7) is -0.264. The molecule has 0 heterocycles. The third-order valence-corrected chi connectivity index (χ3v) is 3.43. The van der Waals surface area contributed by atoms with Crippen molar-refractivity contribution in [3.05, 3.63) is 57.2 Å². The highest BCUT2D eigenvalue weighted by Crippen LogP contribution is 2.25. The topological polar surface area (TPSA) is 35.5 Å². The molecule has 0 amide bonds. The van der Waals surface area contributed by atoms with Gasteiger partial charge < -0.3 is 9.47 Å². The molecular weight excluding hydrogens is 395 g/mol. The Morgan fingerprint density at radius 2 is 1.80 bits per heavy atom. The van der Waals surface area contributed by atoms with E-state index in [1.807, 2.05) is 0 Å². The molecule has 104 valence electrons. The van der Waals surface area contributed by atoms with Gasteiger partial charge in [0, 0.05) is 4.47 Å². The zero-order valence-electron chi connectivity index (χ0n) is 10.1. The van der Waals surface area contributed by atoms with Crippen molar-refractivity contribution in [2.75, 3.05) is 6.61 Å². The van der Waals surface area contributed by atoms with E-state index in [-0.39, 0.29) is 12.4 Å². The number of esters is 1. The maximum absolute atomic E-state index is 12.9. The molecule has 20 heavy (non-hydrogen) atoms. The van der Waals surface area contributed by atoms with Crippen molar-refractivity contribution in [3.63, 3.8) is 0 Å². The van der Waals surface area contributed by atoms with Gasteiger partial charge in [-0.2, -0.15) is 0 Å². The first kappa shape index (κ1) is 15.0. The van der Waals surface area contributed by atoms with Gasteiger partial charge in [0.15, 0.2) is 6.61 Å².